The third-order valence-electron chi connectivity index (χ3n) is 1.55. The summed E-state index contributed by atoms with van der Waals surface area (Å²) in [4.78, 5) is 0. The first kappa shape index (κ1) is 10.7. The van der Waals surface area contributed by atoms with E-state index in [0.29, 0.717) is 0 Å². The lowest BCUT2D eigenvalue weighted by Crippen LogP contribution is -2.31. The average Bonchev–Trinajstić information content (AvgIpc) is 2.05. The minimum absolute atomic E-state index is 0.267. The van der Waals surface area contributed by atoms with Crippen molar-refractivity contribution in [2.75, 3.05) is 7.05 Å². The predicted octanol–water partition coefficient (Wildman–Crippen LogP) is 2.16. The number of rotatable bonds is 4. The van der Waals surface area contributed by atoms with Gasteiger partial charge in [-0.3, -0.25) is 0 Å². The van der Waals surface area contributed by atoms with Gasteiger partial charge in [-0.25, -0.2) is 0 Å². The zero-order valence-electron chi connectivity index (χ0n) is 7.26. The van der Waals surface area contributed by atoms with Crippen molar-refractivity contribution in [1.29, 1.82) is 0 Å². The Kier molecular flexibility index (Phi) is 6.18. The highest BCUT2D eigenvalue weighted by molar-refractivity contribution is 6.22. The van der Waals surface area contributed by atoms with Gasteiger partial charge in [0.05, 0.1) is 11.8 Å². The van der Waals surface area contributed by atoms with Crippen molar-refractivity contribution in [3.8, 4) is 0 Å². The summed E-state index contributed by atoms with van der Waals surface area (Å²) >= 11 is 5.40. The van der Waals surface area contributed by atoms with Crippen LogP contribution in [0.5, 0.6) is 0 Å². The molecule has 0 amide bonds. The van der Waals surface area contributed by atoms with Crippen LogP contribution in [-0.4, -0.2) is 18.8 Å². The molecule has 0 spiro atoms. The van der Waals surface area contributed by atoms with Crippen LogP contribution < -0.4 is 5.32 Å². The van der Waals surface area contributed by atoms with Gasteiger partial charge < -0.3 is 5.32 Å². The summed E-state index contributed by atoms with van der Waals surface area (Å²) in [6.45, 7) is 4.04. The van der Waals surface area contributed by atoms with E-state index < -0.39 is 0 Å². The van der Waals surface area contributed by atoms with Gasteiger partial charge in [0.25, 0.3) is 0 Å². The van der Waals surface area contributed by atoms with Gasteiger partial charge in [-0.05, 0) is 26.5 Å². The fourth-order valence-electron chi connectivity index (χ4n) is 0.935. The highest BCUT2D eigenvalue weighted by Crippen LogP contribution is 1.98. The number of hydrogen-bond acceptors (Lipinski definition) is 2. The van der Waals surface area contributed by atoms with E-state index in [0.717, 1.165) is 12.1 Å². The van der Waals surface area contributed by atoms with Gasteiger partial charge in [0.1, 0.15) is 0 Å². The minimum Gasteiger partial charge on any atom is -0.312 e. The van der Waals surface area contributed by atoms with Gasteiger partial charge in [-0.1, -0.05) is 13.0 Å². The van der Waals surface area contributed by atoms with Crippen LogP contribution in [0.15, 0.2) is 16.7 Å². The molecule has 1 unspecified atom stereocenters. The summed E-state index contributed by atoms with van der Waals surface area (Å²) in [5, 5.41) is 3.12. The summed E-state index contributed by atoms with van der Waals surface area (Å²) in [6, 6.07) is 0.267. The average molecular weight is 175 g/mol. The zero-order valence-corrected chi connectivity index (χ0v) is 8.02. The second-order valence-corrected chi connectivity index (χ2v) is 2.43. The van der Waals surface area contributed by atoms with Gasteiger partial charge in [0.15, 0.2) is 0 Å². The molecule has 0 aromatic heterocycles. The molecule has 0 fully saturated rings. The van der Waals surface area contributed by atoms with Crippen LogP contribution in [0.25, 0.3) is 0 Å². The molecule has 0 aliphatic rings. The first-order chi connectivity index (χ1) is 5.29. The second-order valence-electron chi connectivity index (χ2n) is 2.26. The highest BCUT2D eigenvalue weighted by Gasteiger charge is 2.07. The SMILES string of the molecule is C/C=C\C(=NCl)C(CC)NC. The Morgan fingerprint density at radius 3 is 2.64 bits per heavy atom. The van der Waals surface area contributed by atoms with E-state index in [9.17, 15) is 0 Å². The van der Waals surface area contributed by atoms with Gasteiger partial charge >= 0.3 is 0 Å². The van der Waals surface area contributed by atoms with E-state index in [4.69, 9.17) is 11.8 Å². The Morgan fingerprint density at radius 1 is 1.73 bits per heavy atom. The minimum atomic E-state index is 0.267. The van der Waals surface area contributed by atoms with Crippen molar-refractivity contribution in [3.05, 3.63) is 12.2 Å². The molecule has 1 N–H and O–H groups in total. The number of nitrogens with zero attached hydrogens (tertiary/aromatic N) is 1. The first-order valence-electron chi connectivity index (χ1n) is 3.78. The molecular weight excluding hydrogens is 160 g/mol. The molecule has 0 aliphatic carbocycles. The Labute approximate surface area is 73.5 Å². The van der Waals surface area contributed by atoms with Crippen LogP contribution >= 0.6 is 11.8 Å². The molecule has 1 atom stereocenters. The van der Waals surface area contributed by atoms with Crippen molar-refractivity contribution >= 4 is 17.5 Å². The molecule has 0 aliphatic heterocycles. The van der Waals surface area contributed by atoms with Crippen molar-refractivity contribution in [3.63, 3.8) is 0 Å². The van der Waals surface area contributed by atoms with Crippen molar-refractivity contribution < 1.29 is 0 Å². The third kappa shape index (κ3) is 3.54. The molecule has 11 heavy (non-hydrogen) atoms. The van der Waals surface area contributed by atoms with Crippen LogP contribution in [-0.2, 0) is 0 Å². The van der Waals surface area contributed by atoms with Crippen LogP contribution in [0.3, 0.4) is 0 Å². The standard InChI is InChI=1S/C8H15ClN2/c1-4-6-8(11-9)7(5-2)10-3/h4,6-7,10H,5H2,1-3H3/b6-4-,11-8?. The maximum Gasteiger partial charge on any atom is 0.0716 e. The summed E-state index contributed by atoms with van der Waals surface area (Å²) in [6.07, 6.45) is 4.84. The largest absolute Gasteiger partial charge is 0.312 e. The molecule has 0 aromatic carbocycles. The normalized spacial score (nSPS) is 15.8. The molecule has 3 heteroatoms. The lowest BCUT2D eigenvalue weighted by atomic mass is 10.1. The number of allylic oxidation sites excluding steroid dienone is 1. The Bertz CT molecular complexity index is 148. The van der Waals surface area contributed by atoms with Gasteiger partial charge in [-0.15, -0.1) is 0 Å². The van der Waals surface area contributed by atoms with Crippen LogP contribution in [0.2, 0.25) is 0 Å². The van der Waals surface area contributed by atoms with E-state index in [1.54, 1.807) is 0 Å². The monoisotopic (exact) mass is 174 g/mol. The van der Waals surface area contributed by atoms with Crippen molar-refractivity contribution in [2.24, 2.45) is 4.51 Å². The number of nitrogens with one attached hydrogen (secondary N) is 1. The zero-order chi connectivity index (χ0) is 8.69. The topological polar surface area (TPSA) is 24.4 Å². The summed E-state index contributed by atoms with van der Waals surface area (Å²) in [5.74, 6) is 0. The molecule has 0 aromatic rings. The summed E-state index contributed by atoms with van der Waals surface area (Å²) in [5.41, 5.74) is 0.888. The van der Waals surface area contributed by atoms with Gasteiger partial charge in [0.2, 0.25) is 0 Å². The number of halogens is 1. The fraction of sp³-hybridized carbons (Fsp3) is 0.625. The van der Waals surface area contributed by atoms with Crippen LogP contribution in [0, 0.1) is 0 Å². The van der Waals surface area contributed by atoms with E-state index >= 15 is 0 Å². The van der Waals surface area contributed by atoms with E-state index in [-0.39, 0.29) is 6.04 Å². The van der Waals surface area contributed by atoms with Gasteiger partial charge in [0, 0.05) is 11.8 Å². The first-order valence-corrected chi connectivity index (χ1v) is 4.12. The fourth-order valence-corrected chi connectivity index (χ4v) is 1.11. The molecule has 0 saturated heterocycles. The molecule has 0 rings (SSSR count). The third-order valence-corrected chi connectivity index (χ3v) is 1.74. The van der Waals surface area contributed by atoms with Crippen LogP contribution in [0.4, 0.5) is 0 Å². The highest BCUT2D eigenvalue weighted by atomic mass is 35.5. The van der Waals surface area contributed by atoms with Crippen LogP contribution in [0.1, 0.15) is 20.3 Å². The van der Waals surface area contributed by atoms with E-state index in [1.165, 1.54) is 0 Å². The van der Waals surface area contributed by atoms with E-state index in [1.807, 2.05) is 26.1 Å². The van der Waals surface area contributed by atoms with Crippen molar-refractivity contribution in [1.82, 2.24) is 5.32 Å². The maximum atomic E-state index is 5.40. The molecule has 0 bridgehead atoms. The van der Waals surface area contributed by atoms with Gasteiger partial charge in [-0.2, -0.15) is 4.51 Å². The lowest BCUT2D eigenvalue weighted by molar-refractivity contribution is 0.681. The molecule has 0 heterocycles. The van der Waals surface area contributed by atoms with E-state index in [2.05, 4.69) is 16.8 Å². The van der Waals surface area contributed by atoms with Crippen molar-refractivity contribution in [2.45, 2.75) is 26.3 Å². The summed E-state index contributed by atoms with van der Waals surface area (Å²) < 4.78 is 3.66. The lowest BCUT2D eigenvalue weighted by Gasteiger charge is -2.11. The second kappa shape index (κ2) is 6.38. The number of hydrogen-bond donors (Lipinski definition) is 1. The predicted molar refractivity (Wildman–Crippen MR) is 51.2 cm³/mol. The quantitative estimate of drug-likeness (QED) is 0.649. The summed E-state index contributed by atoms with van der Waals surface area (Å²) in [7, 11) is 1.90. The molecular formula is C8H15ClN2. The Morgan fingerprint density at radius 2 is 2.36 bits per heavy atom. The Hall–Kier alpha value is -0.340. The Balaban J connectivity index is 4.22. The molecule has 64 valence electrons. The molecule has 0 saturated carbocycles. The smallest absolute Gasteiger partial charge is 0.0716 e. The molecule has 2 nitrogen and oxygen atoms in total. The molecule has 0 radical (unpaired) electrons. The maximum absolute atomic E-state index is 5.40.